The maximum atomic E-state index is 13.7. The minimum Gasteiger partial charge on any atom is -0.468 e. The fraction of sp³-hybridized carbons (Fsp3) is 0.455. The first-order valence-electron chi connectivity index (χ1n) is 10.8. The number of carbonyl (C=O) groups excluding carboxylic acids is 2. The summed E-state index contributed by atoms with van der Waals surface area (Å²) in [5, 5.41) is 26.6. The third kappa shape index (κ3) is 5.75. The highest BCUT2D eigenvalue weighted by Gasteiger charge is 2.57. The van der Waals surface area contributed by atoms with Crippen molar-refractivity contribution in [3.8, 4) is 5.75 Å². The number of methoxy groups -OCH3 is 1. The highest BCUT2D eigenvalue weighted by Crippen LogP contribution is 2.48. The summed E-state index contributed by atoms with van der Waals surface area (Å²) in [4.78, 5) is 24.9. The number of esters is 1. The lowest BCUT2D eigenvalue weighted by Gasteiger charge is -2.41. The van der Waals surface area contributed by atoms with Gasteiger partial charge >= 0.3 is 13.7 Å². The molecule has 0 saturated carbocycles. The lowest BCUT2D eigenvalue weighted by atomic mass is 10.0. The Morgan fingerprint density at radius 3 is 2.57 bits per heavy atom. The van der Waals surface area contributed by atoms with Crippen LogP contribution < -0.4 is 14.9 Å². The molecule has 2 heterocycles. The van der Waals surface area contributed by atoms with Crippen molar-refractivity contribution in [3.63, 3.8) is 0 Å². The molecular weight excluding hydrogens is 481 g/mol. The van der Waals surface area contributed by atoms with Gasteiger partial charge in [-0.2, -0.15) is 5.09 Å². The van der Waals surface area contributed by atoms with E-state index in [2.05, 4.69) is 21.7 Å². The molecule has 0 radical (unpaired) electrons. The third-order valence-corrected chi connectivity index (χ3v) is 7.40. The van der Waals surface area contributed by atoms with Gasteiger partial charge in [0.05, 0.1) is 13.2 Å². The fourth-order valence-corrected chi connectivity index (χ4v) is 5.51. The second kappa shape index (κ2) is 10.5. The van der Waals surface area contributed by atoms with Gasteiger partial charge in [0.2, 0.25) is 0 Å². The molecule has 192 valence electrons. The monoisotopic (exact) mass is 511 g/mol. The molecule has 2 aliphatic heterocycles. The average molecular weight is 511 g/mol. The maximum Gasteiger partial charge on any atom is 0.459 e. The summed E-state index contributed by atoms with van der Waals surface area (Å²) in [6, 6.07) is 7.11. The van der Waals surface area contributed by atoms with E-state index in [1.54, 1.807) is 30.3 Å². The molecule has 0 bridgehead atoms. The summed E-state index contributed by atoms with van der Waals surface area (Å²) in [6.45, 7) is 8.14. The third-order valence-electron chi connectivity index (χ3n) is 5.64. The molecule has 35 heavy (non-hydrogen) atoms. The van der Waals surface area contributed by atoms with Crippen LogP contribution in [0.25, 0.3) is 0 Å². The molecule has 0 aliphatic carbocycles. The average Bonchev–Trinajstić information content (AvgIpc) is 3.03. The number of benzene rings is 1. The number of hydrogen-bond donors (Lipinski definition) is 4. The molecular formula is C22H30N3O9P. The molecule has 4 N–H and O–H groups in total. The number of amides is 1. The first kappa shape index (κ1) is 26.9. The van der Waals surface area contributed by atoms with Crippen LogP contribution in [0.15, 0.2) is 55.0 Å². The van der Waals surface area contributed by atoms with E-state index in [9.17, 15) is 24.4 Å². The predicted octanol–water partition coefficient (Wildman–Crippen LogP) is 0.983. The normalized spacial score (nSPS) is 29.8. The first-order chi connectivity index (χ1) is 16.4. The molecule has 1 aromatic carbocycles. The van der Waals surface area contributed by atoms with E-state index in [-0.39, 0.29) is 11.6 Å². The molecule has 13 heteroatoms. The Morgan fingerprint density at radius 1 is 1.31 bits per heavy atom. The zero-order valence-corrected chi connectivity index (χ0v) is 20.7. The zero-order chi connectivity index (χ0) is 26.0. The highest BCUT2D eigenvalue weighted by molar-refractivity contribution is 7.52. The largest absolute Gasteiger partial charge is 0.468 e. The van der Waals surface area contributed by atoms with Gasteiger partial charge in [0.15, 0.2) is 5.72 Å². The van der Waals surface area contributed by atoms with Gasteiger partial charge in [-0.1, -0.05) is 24.8 Å². The van der Waals surface area contributed by atoms with Crippen LogP contribution in [0.1, 0.15) is 20.8 Å². The van der Waals surface area contributed by atoms with Crippen LogP contribution in [0.2, 0.25) is 0 Å². The number of para-hydroxylation sites is 1. The molecule has 0 spiro atoms. The Bertz CT molecular complexity index is 1040. The van der Waals surface area contributed by atoms with Crippen molar-refractivity contribution >= 4 is 19.6 Å². The number of hydrogen-bond acceptors (Lipinski definition) is 10. The first-order valence-corrected chi connectivity index (χ1v) is 12.3. The second-order valence-electron chi connectivity index (χ2n) is 8.28. The Balaban J connectivity index is 1.83. The van der Waals surface area contributed by atoms with Gasteiger partial charge in [-0.05, 0) is 32.9 Å². The van der Waals surface area contributed by atoms with Crippen molar-refractivity contribution < 1.29 is 42.9 Å². The van der Waals surface area contributed by atoms with Gasteiger partial charge in [0.1, 0.15) is 35.9 Å². The minimum absolute atomic E-state index is 0.132. The van der Waals surface area contributed by atoms with Gasteiger partial charge in [0.25, 0.3) is 5.91 Å². The van der Waals surface area contributed by atoms with Gasteiger partial charge in [0, 0.05) is 12.3 Å². The second-order valence-corrected chi connectivity index (χ2v) is 9.93. The smallest absolute Gasteiger partial charge is 0.459 e. The number of ether oxygens (including phenoxy) is 2. The van der Waals surface area contributed by atoms with Gasteiger partial charge < -0.3 is 34.4 Å². The van der Waals surface area contributed by atoms with Crippen molar-refractivity contribution in [2.24, 2.45) is 0 Å². The molecule has 1 aromatic rings. The van der Waals surface area contributed by atoms with Gasteiger partial charge in [-0.15, -0.1) is 0 Å². The van der Waals surface area contributed by atoms with Crippen LogP contribution in [-0.2, 0) is 28.2 Å². The van der Waals surface area contributed by atoms with E-state index in [0.717, 1.165) is 0 Å². The molecule has 1 saturated heterocycles. The van der Waals surface area contributed by atoms with E-state index >= 15 is 0 Å². The minimum atomic E-state index is -4.24. The Hall–Kier alpha value is -2.73. The number of aliphatic hydroxyl groups excluding tert-OH is 2. The van der Waals surface area contributed by atoms with E-state index in [1.165, 1.54) is 45.1 Å². The molecule has 5 unspecified atom stereocenters. The number of nitrogens with zero attached hydrogens (tertiary/aromatic N) is 1. The SMILES string of the molecule is C=C1NC(=O)C=CN1[C@]1(C)O[C@H](C(C)OP(=O)(NC(C)C(=O)OC)Oc2ccccc2)C(O)C1O. The van der Waals surface area contributed by atoms with E-state index in [0.29, 0.717) is 0 Å². The number of rotatable bonds is 9. The van der Waals surface area contributed by atoms with Crippen molar-refractivity contribution in [1.82, 2.24) is 15.3 Å². The Morgan fingerprint density at radius 2 is 1.97 bits per heavy atom. The molecule has 1 amide bonds. The van der Waals surface area contributed by atoms with Crippen LogP contribution in [0.3, 0.4) is 0 Å². The van der Waals surface area contributed by atoms with Crippen LogP contribution in [-0.4, -0.2) is 70.3 Å². The van der Waals surface area contributed by atoms with Crippen molar-refractivity contribution in [1.29, 1.82) is 0 Å². The Kier molecular flexibility index (Phi) is 8.05. The predicted molar refractivity (Wildman–Crippen MR) is 123 cm³/mol. The highest BCUT2D eigenvalue weighted by atomic mass is 31.2. The van der Waals surface area contributed by atoms with Gasteiger partial charge in [-0.25, -0.2) is 4.57 Å². The van der Waals surface area contributed by atoms with Crippen molar-refractivity contribution in [3.05, 3.63) is 55.0 Å². The summed E-state index contributed by atoms with van der Waals surface area (Å²) in [6.07, 6.45) is -2.64. The van der Waals surface area contributed by atoms with E-state index in [1.807, 2.05) is 0 Å². The summed E-state index contributed by atoms with van der Waals surface area (Å²) >= 11 is 0. The summed E-state index contributed by atoms with van der Waals surface area (Å²) < 4.78 is 35.7. The lowest BCUT2D eigenvalue weighted by Crippen LogP contribution is -2.55. The molecule has 12 nitrogen and oxygen atoms in total. The summed E-state index contributed by atoms with van der Waals surface area (Å²) in [5.41, 5.74) is -1.54. The quantitative estimate of drug-likeness (QED) is 0.277. The summed E-state index contributed by atoms with van der Waals surface area (Å²) in [5.74, 6) is -0.764. The zero-order valence-electron chi connectivity index (χ0n) is 19.8. The topological polar surface area (TPSA) is 156 Å². The Labute approximate surface area is 203 Å². The molecule has 1 fully saturated rings. The molecule has 0 aromatic heterocycles. The van der Waals surface area contributed by atoms with Crippen LogP contribution in [0.4, 0.5) is 0 Å². The molecule has 7 atom stereocenters. The van der Waals surface area contributed by atoms with Crippen molar-refractivity contribution in [2.75, 3.05) is 7.11 Å². The van der Waals surface area contributed by atoms with Crippen LogP contribution in [0, 0.1) is 0 Å². The lowest BCUT2D eigenvalue weighted by molar-refractivity contribution is -0.159. The van der Waals surface area contributed by atoms with Crippen molar-refractivity contribution in [2.45, 2.75) is 57.0 Å². The summed E-state index contributed by atoms with van der Waals surface area (Å²) in [7, 11) is -3.06. The molecule has 3 rings (SSSR count). The van der Waals surface area contributed by atoms with E-state index in [4.69, 9.17) is 13.8 Å². The number of carbonyl (C=O) groups is 2. The standard InChI is InChI=1S/C22H30N3O9P/c1-13(21(29)31-5)24-35(30,34-16-9-7-6-8-10-16)33-14(2)19-18(27)20(28)22(4,32-19)25-12-11-17(26)23-15(25)3/h6-14,18-20,27-28H,3H2,1-2,4-5H3,(H,23,26)(H,24,30)/t13?,14?,18?,19-,20?,22-,35?/m1/s1. The van der Waals surface area contributed by atoms with Crippen LogP contribution >= 0.6 is 7.75 Å². The maximum absolute atomic E-state index is 13.7. The number of aliphatic hydroxyl groups is 2. The fourth-order valence-electron chi connectivity index (χ4n) is 3.82. The molecule has 2 aliphatic rings. The van der Waals surface area contributed by atoms with Gasteiger partial charge in [-0.3, -0.25) is 14.1 Å². The number of nitrogens with one attached hydrogen (secondary N) is 2. The van der Waals surface area contributed by atoms with Crippen LogP contribution in [0.5, 0.6) is 5.75 Å². The van der Waals surface area contributed by atoms with E-state index < -0.39 is 55.8 Å².